The minimum Gasteiger partial charge on any atom is -0.145 e. The molecule has 0 saturated heterocycles. The molecule has 2 radical (unpaired) electrons. The Kier molecular flexibility index (Phi) is 10.2. The topological polar surface area (TPSA) is 0 Å². The molecule has 1 aliphatic carbocycles. The Morgan fingerprint density at radius 2 is 1.41 bits per heavy atom. The average molecular weight is 762 g/mol. The second-order valence-electron chi connectivity index (χ2n) is 15.3. The Morgan fingerprint density at radius 3 is 1.93 bits per heavy atom. The van der Waals surface area contributed by atoms with Gasteiger partial charge in [0.15, 0.2) is 0 Å². The van der Waals surface area contributed by atoms with Crippen molar-refractivity contribution in [3.8, 4) is 11.1 Å². The van der Waals surface area contributed by atoms with Crippen LogP contribution >= 0.6 is 0 Å². The zero-order valence-electron chi connectivity index (χ0n) is 29.2. The number of rotatable bonds is 6. The monoisotopic (exact) mass is 763 g/mol. The van der Waals surface area contributed by atoms with Crippen LogP contribution in [0.3, 0.4) is 0 Å². The van der Waals surface area contributed by atoms with E-state index < -0.39 is 0 Å². The van der Waals surface area contributed by atoms with Crippen molar-refractivity contribution in [2.75, 3.05) is 0 Å². The van der Waals surface area contributed by atoms with Crippen LogP contribution in [0.4, 0.5) is 0 Å². The first-order valence-electron chi connectivity index (χ1n) is 16.2. The molecular weight excluding hydrogens is 711 g/mol. The SMILES string of the molecule is CC1=C(C)C(C)C(Cc2ccc([Si]c3cc(-c4cc5ccccc5[cH-]4)c(C(C)(C)C)c(C(C)C)c3C(C)(C)C)cc2)=C1C.[Hf]. The van der Waals surface area contributed by atoms with E-state index in [2.05, 4.69) is 150 Å². The molecule has 1 aliphatic rings. The fourth-order valence-corrected chi connectivity index (χ4v) is 8.84. The Balaban J connectivity index is 0.00000442. The van der Waals surface area contributed by atoms with Crippen molar-refractivity contribution in [2.24, 2.45) is 5.92 Å². The molecule has 0 aromatic heterocycles. The van der Waals surface area contributed by atoms with Gasteiger partial charge in [0, 0.05) is 25.8 Å². The fraction of sp³-hybridized carbons (Fsp3) is 0.405. The Morgan fingerprint density at radius 1 is 0.795 bits per heavy atom. The van der Waals surface area contributed by atoms with Crippen LogP contribution < -0.4 is 10.4 Å². The molecule has 0 amide bonds. The van der Waals surface area contributed by atoms with Crippen LogP contribution in [0, 0.1) is 5.92 Å². The van der Waals surface area contributed by atoms with Crippen molar-refractivity contribution in [3.63, 3.8) is 0 Å². The predicted octanol–water partition coefficient (Wildman–Crippen LogP) is 10.4. The minimum atomic E-state index is 0. The zero-order valence-corrected chi connectivity index (χ0v) is 33.8. The summed E-state index contributed by atoms with van der Waals surface area (Å²) in [5.41, 5.74) is 15.0. The van der Waals surface area contributed by atoms with Crippen LogP contribution in [0.5, 0.6) is 0 Å². The molecule has 0 saturated carbocycles. The predicted molar refractivity (Wildman–Crippen MR) is 192 cm³/mol. The maximum atomic E-state index is 2.57. The van der Waals surface area contributed by atoms with Crippen molar-refractivity contribution in [1.29, 1.82) is 0 Å². The van der Waals surface area contributed by atoms with Gasteiger partial charge in [0.25, 0.3) is 0 Å². The maximum Gasteiger partial charge on any atom is 0.121 e. The number of fused-ring (bicyclic) bond motifs is 1. The van der Waals surface area contributed by atoms with E-state index in [1.807, 2.05) is 0 Å². The van der Waals surface area contributed by atoms with E-state index in [0.717, 1.165) is 6.42 Å². The van der Waals surface area contributed by atoms with Crippen LogP contribution in [0.2, 0.25) is 0 Å². The summed E-state index contributed by atoms with van der Waals surface area (Å²) in [4.78, 5) is 0. The van der Waals surface area contributed by atoms with Gasteiger partial charge in [0.1, 0.15) is 9.52 Å². The molecule has 0 aliphatic heterocycles. The van der Waals surface area contributed by atoms with Gasteiger partial charge in [-0.2, -0.15) is 0 Å². The van der Waals surface area contributed by atoms with Gasteiger partial charge in [-0.15, -0.1) is 34.5 Å². The zero-order chi connectivity index (χ0) is 31.4. The van der Waals surface area contributed by atoms with E-state index in [9.17, 15) is 0 Å². The van der Waals surface area contributed by atoms with Gasteiger partial charge in [-0.3, -0.25) is 0 Å². The van der Waals surface area contributed by atoms with Crippen molar-refractivity contribution in [2.45, 2.75) is 106 Å². The molecule has 0 bridgehead atoms. The van der Waals surface area contributed by atoms with Gasteiger partial charge in [0.05, 0.1) is 0 Å². The third-order valence-corrected chi connectivity index (χ3v) is 11.1. The summed E-state index contributed by atoms with van der Waals surface area (Å²) in [6.45, 7) is 28.5. The van der Waals surface area contributed by atoms with Crippen molar-refractivity contribution >= 4 is 30.7 Å². The number of hydrogen-bond acceptors (Lipinski definition) is 0. The van der Waals surface area contributed by atoms with Crippen LogP contribution in [0.15, 0.2) is 89.0 Å². The Labute approximate surface area is 289 Å². The van der Waals surface area contributed by atoms with Crippen molar-refractivity contribution < 1.29 is 25.8 Å². The molecule has 44 heavy (non-hydrogen) atoms. The standard InChI is InChI=1S/C42H51Si.Hf/c1-25(2)38-39(41(7,8)9)36(33-22-31-15-13-14-16-32(31)23-33)24-37(40(38)42(10,11)12)43-34-19-17-30(18-20-34)21-35-28(5)26(3)27(4)29(35)6;/h13-20,22-25,28H,21H2,1-12H3;/q-1;. The first-order chi connectivity index (χ1) is 20.1. The normalized spacial score (nSPS) is 16.0. The fourth-order valence-electron chi connectivity index (χ4n) is 7.34. The number of benzene rings is 3. The van der Waals surface area contributed by atoms with E-state index in [0.29, 0.717) is 21.4 Å². The Hall–Kier alpha value is -2.16. The summed E-state index contributed by atoms with van der Waals surface area (Å²) >= 11 is 0. The molecule has 4 aromatic carbocycles. The first-order valence-corrected chi connectivity index (χ1v) is 17.2. The summed E-state index contributed by atoms with van der Waals surface area (Å²) in [6, 6.07) is 25.7. The molecule has 5 rings (SSSR count). The van der Waals surface area contributed by atoms with E-state index in [-0.39, 0.29) is 36.7 Å². The molecule has 0 fully saturated rings. The van der Waals surface area contributed by atoms with Crippen LogP contribution in [0.25, 0.3) is 21.9 Å². The van der Waals surface area contributed by atoms with E-state index in [4.69, 9.17) is 0 Å². The summed E-state index contributed by atoms with van der Waals surface area (Å²) in [6.07, 6.45) is 1.05. The first kappa shape index (κ1) is 34.7. The molecule has 1 unspecified atom stereocenters. The van der Waals surface area contributed by atoms with Crippen molar-refractivity contribution in [3.05, 3.63) is 111 Å². The summed E-state index contributed by atoms with van der Waals surface area (Å²) in [5.74, 6) is 0.988. The summed E-state index contributed by atoms with van der Waals surface area (Å²) in [7, 11) is 0.615. The van der Waals surface area contributed by atoms with E-state index in [1.54, 1.807) is 16.7 Å². The van der Waals surface area contributed by atoms with Gasteiger partial charge in [0.2, 0.25) is 0 Å². The van der Waals surface area contributed by atoms with Gasteiger partial charge in [-0.25, -0.2) is 0 Å². The third-order valence-electron chi connectivity index (χ3n) is 9.81. The smallest absolute Gasteiger partial charge is 0.121 e. The summed E-state index contributed by atoms with van der Waals surface area (Å²) < 4.78 is 0. The molecule has 0 nitrogen and oxygen atoms in total. The minimum absolute atomic E-state index is 0. The van der Waals surface area contributed by atoms with Gasteiger partial charge in [-0.1, -0.05) is 143 Å². The molecule has 0 heterocycles. The largest absolute Gasteiger partial charge is 0.145 e. The third kappa shape index (κ3) is 6.68. The van der Waals surface area contributed by atoms with E-state index >= 15 is 0 Å². The maximum absolute atomic E-state index is 2.57. The van der Waals surface area contributed by atoms with Gasteiger partial charge < -0.3 is 0 Å². The van der Waals surface area contributed by atoms with Crippen LogP contribution in [-0.2, 0) is 43.1 Å². The molecule has 228 valence electrons. The second-order valence-corrected chi connectivity index (χ2v) is 16.7. The quantitative estimate of drug-likeness (QED) is 0.136. The second kappa shape index (κ2) is 12.9. The van der Waals surface area contributed by atoms with Gasteiger partial charge >= 0.3 is 0 Å². The molecule has 4 aromatic rings. The molecule has 0 spiro atoms. The summed E-state index contributed by atoms with van der Waals surface area (Å²) in [5, 5.41) is 5.56. The van der Waals surface area contributed by atoms with Crippen molar-refractivity contribution in [1.82, 2.24) is 0 Å². The Bertz CT molecular complexity index is 1690. The molecule has 2 heteroatoms. The average Bonchev–Trinajstić information content (AvgIpc) is 3.44. The van der Waals surface area contributed by atoms with Crippen LogP contribution in [0.1, 0.15) is 111 Å². The number of allylic oxidation sites excluding steroid dienone is 4. The van der Waals surface area contributed by atoms with Crippen LogP contribution in [-0.4, -0.2) is 9.52 Å². The molecule has 0 N–H and O–H groups in total. The molecular formula is C42H51HfSi-. The molecule has 1 atom stereocenters. The number of hydrogen-bond donors (Lipinski definition) is 0. The van der Waals surface area contributed by atoms with Gasteiger partial charge in [-0.05, 0) is 77.7 Å². The van der Waals surface area contributed by atoms with E-state index in [1.165, 1.54) is 60.1 Å².